The van der Waals surface area contributed by atoms with Gasteiger partial charge in [0, 0.05) is 43.7 Å². The summed E-state index contributed by atoms with van der Waals surface area (Å²) in [6.45, 7) is 1.32. The van der Waals surface area contributed by atoms with Gasteiger partial charge in [-0.2, -0.15) is 12.7 Å². The molecule has 4 rings (SSSR count). The van der Waals surface area contributed by atoms with Crippen LogP contribution >= 0.6 is 23.2 Å². The molecule has 2 heterocycles. The second-order valence-electron chi connectivity index (χ2n) is 8.61. The van der Waals surface area contributed by atoms with E-state index in [0.29, 0.717) is 26.8 Å². The van der Waals surface area contributed by atoms with Gasteiger partial charge in [-0.1, -0.05) is 35.3 Å². The number of aromatic nitrogens is 1. The minimum absolute atomic E-state index is 0.0915. The van der Waals surface area contributed by atoms with Gasteiger partial charge in [-0.15, -0.1) is 0 Å². The number of nitrogen functional groups attached to an aromatic ring is 1. The third-order valence-electron chi connectivity index (χ3n) is 6.33. The Balaban J connectivity index is 1.69. The smallest absolute Gasteiger partial charge is 0.303 e. The first-order valence-electron chi connectivity index (χ1n) is 10.8. The summed E-state index contributed by atoms with van der Waals surface area (Å²) >= 11 is 12.5. The van der Waals surface area contributed by atoms with Crippen molar-refractivity contribution in [2.24, 2.45) is 7.05 Å². The number of rotatable bonds is 5. The lowest BCUT2D eigenvalue weighted by Crippen LogP contribution is -2.56. The highest BCUT2D eigenvalue weighted by Gasteiger charge is 2.41. The number of nitrogens with one attached hydrogen (secondary N) is 2. The molecule has 0 atom stereocenters. The van der Waals surface area contributed by atoms with E-state index in [4.69, 9.17) is 28.9 Å². The highest BCUT2D eigenvalue weighted by atomic mass is 35.5. The summed E-state index contributed by atoms with van der Waals surface area (Å²) in [4.78, 5) is 24.9. The van der Waals surface area contributed by atoms with Crippen LogP contribution in [0.4, 0.5) is 5.69 Å². The molecule has 1 aliphatic rings. The number of piperidine rings is 1. The SMILES string of the molecule is CC(=O)NS(=O)(=O)N1CCC(NC(=O)c2cc3c(Cl)c(Cl)ccc3n2C)(c2cccc(N)c2)CC1. The van der Waals surface area contributed by atoms with Gasteiger partial charge in [-0.05, 0) is 48.7 Å². The van der Waals surface area contributed by atoms with E-state index in [1.54, 1.807) is 48.0 Å². The quantitative estimate of drug-likeness (QED) is 0.431. The monoisotopic (exact) mass is 537 g/mol. The Hall–Kier alpha value is -2.79. The van der Waals surface area contributed by atoms with Gasteiger partial charge in [-0.3, -0.25) is 9.59 Å². The predicted molar refractivity (Wildman–Crippen MR) is 136 cm³/mol. The normalized spacial score (nSPS) is 16.2. The van der Waals surface area contributed by atoms with E-state index in [1.165, 1.54) is 4.31 Å². The Morgan fingerprint density at radius 1 is 1.09 bits per heavy atom. The average molecular weight is 538 g/mol. The second-order valence-corrected chi connectivity index (χ2v) is 11.1. The Labute approximate surface area is 213 Å². The van der Waals surface area contributed by atoms with E-state index in [-0.39, 0.29) is 31.8 Å². The van der Waals surface area contributed by atoms with Crippen molar-refractivity contribution in [3.8, 4) is 0 Å². The zero-order chi connectivity index (χ0) is 25.5. The van der Waals surface area contributed by atoms with Crippen LogP contribution in [0.15, 0.2) is 42.5 Å². The van der Waals surface area contributed by atoms with E-state index >= 15 is 0 Å². The van der Waals surface area contributed by atoms with Gasteiger partial charge in [0.1, 0.15) is 5.69 Å². The van der Waals surface area contributed by atoms with E-state index < -0.39 is 21.7 Å². The van der Waals surface area contributed by atoms with Gasteiger partial charge in [0.15, 0.2) is 0 Å². The van der Waals surface area contributed by atoms with Gasteiger partial charge in [0.25, 0.3) is 5.91 Å². The predicted octanol–water partition coefficient (Wildman–Crippen LogP) is 3.17. The summed E-state index contributed by atoms with van der Waals surface area (Å²) in [5.74, 6) is -1.02. The third kappa shape index (κ3) is 4.84. The maximum Gasteiger partial charge on any atom is 0.303 e. The van der Waals surface area contributed by atoms with Crippen LogP contribution < -0.4 is 15.8 Å². The molecule has 9 nitrogen and oxygen atoms in total. The molecule has 1 fully saturated rings. The van der Waals surface area contributed by atoms with Crippen LogP contribution in [-0.4, -0.2) is 42.2 Å². The number of carbonyl (C=O) groups excluding carboxylic acids is 2. The molecule has 0 bridgehead atoms. The number of carbonyl (C=O) groups is 2. The standard InChI is InChI=1S/C23H25Cl2N5O4S/c1-14(31)28-35(33,34)30-10-8-23(9-11-30,15-4-3-5-16(26)12-15)27-22(32)20-13-17-19(29(20)2)7-6-18(24)21(17)25/h3-7,12-13H,8-11,26H2,1-2H3,(H,27,32)(H,28,31). The second kappa shape index (κ2) is 9.34. The molecule has 0 radical (unpaired) electrons. The van der Waals surface area contributed by atoms with Crippen molar-refractivity contribution in [3.63, 3.8) is 0 Å². The zero-order valence-electron chi connectivity index (χ0n) is 19.1. The van der Waals surface area contributed by atoms with Crippen molar-refractivity contribution in [1.29, 1.82) is 0 Å². The zero-order valence-corrected chi connectivity index (χ0v) is 21.5. The molecule has 0 unspecified atom stereocenters. The minimum atomic E-state index is -3.97. The summed E-state index contributed by atoms with van der Waals surface area (Å²) in [5, 5.41) is 4.55. The van der Waals surface area contributed by atoms with Crippen LogP contribution in [0.3, 0.4) is 0 Å². The summed E-state index contributed by atoms with van der Waals surface area (Å²) in [6, 6.07) is 12.3. The Kier molecular flexibility index (Phi) is 6.76. The molecular formula is C23H25Cl2N5O4S. The average Bonchev–Trinajstić information content (AvgIpc) is 3.13. The highest BCUT2D eigenvalue weighted by molar-refractivity contribution is 7.87. The van der Waals surface area contributed by atoms with Crippen LogP contribution in [-0.2, 0) is 27.6 Å². The molecule has 2 aromatic carbocycles. The number of aryl methyl sites for hydroxylation is 1. The molecule has 0 aliphatic carbocycles. The minimum Gasteiger partial charge on any atom is -0.399 e. The molecule has 186 valence electrons. The molecule has 0 saturated carbocycles. The fourth-order valence-electron chi connectivity index (χ4n) is 4.53. The Bertz CT molecular complexity index is 1430. The first-order chi connectivity index (χ1) is 16.4. The summed E-state index contributed by atoms with van der Waals surface area (Å²) in [5.41, 5.74) is 7.56. The fourth-order valence-corrected chi connectivity index (χ4v) is 6.06. The Morgan fingerprint density at radius 3 is 2.40 bits per heavy atom. The maximum atomic E-state index is 13.6. The molecule has 4 N–H and O–H groups in total. The van der Waals surface area contributed by atoms with Crippen LogP contribution in [0.2, 0.25) is 10.0 Å². The maximum absolute atomic E-state index is 13.6. The summed E-state index contributed by atoms with van der Waals surface area (Å²) in [6.07, 6.45) is 0.551. The molecule has 12 heteroatoms. The fraction of sp³-hybridized carbons (Fsp3) is 0.304. The van der Waals surface area contributed by atoms with Crippen LogP contribution in [0, 0.1) is 0 Å². The summed E-state index contributed by atoms with van der Waals surface area (Å²) < 4.78 is 29.9. The number of benzene rings is 2. The lowest BCUT2D eigenvalue weighted by atomic mass is 9.81. The van der Waals surface area contributed by atoms with Gasteiger partial charge < -0.3 is 15.6 Å². The van der Waals surface area contributed by atoms with E-state index in [1.807, 2.05) is 10.8 Å². The van der Waals surface area contributed by atoms with Gasteiger partial charge in [-0.25, -0.2) is 4.72 Å². The molecule has 3 aromatic rings. The number of halogens is 2. The molecule has 35 heavy (non-hydrogen) atoms. The van der Waals surface area contributed by atoms with Gasteiger partial charge in [0.05, 0.1) is 15.6 Å². The van der Waals surface area contributed by atoms with Crippen LogP contribution in [0.1, 0.15) is 35.8 Å². The number of hydrogen-bond acceptors (Lipinski definition) is 5. The summed E-state index contributed by atoms with van der Waals surface area (Å²) in [7, 11) is -2.21. The lowest BCUT2D eigenvalue weighted by Gasteiger charge is -2.42. The van der Waals surface area contributed by atoms with Gasteiger partial charge >= 0.3 is 10.2 Å². The molecule has 1 aromatic heterocycles. The Morgan fingerprint density at radius 2 is 1.77 bits per heavy atom. The third-order valence-corrected chi connectivity index (χ3v) is 8.74. The number of fused-ring (bicyclic) bond motifs is 1. The molecule has 1 saturated heterocycles. The van der Waals surface area contributed by atoms with E-state index in [0.717, 1.165) is 18.0 Å². The van der Waals surface area contributed by atoms with E-state index in [2.05, 4.69) is 5.32 Å². The topological polar surface area (TPSA) is 127 Å². The molecular weight excluding hydrogens is 513 g/mol. The number of nitrogens with zero attached hydrogens (tertiary/aromatic N) is 2. The van der Waals surface area contributed by atoms with E-state index in [9.17, 15) is 18.0 Å². The van der Waals surface area contributed by atoms with Crippen molar-refractivity contribution >= 4 is 61.8 Å². The largest absolute Gasteiger partial charge is 0.399 e. The van der Waals surface area contributed by atoms with Crippen molar-refractivity contribution < 1.29 is 18.0 Å². The first kappa shape index (κ1) is 25.3. The van der Waals surface area contributed by atoms with Crippen LogP contribution in [0.25, 0.3) is 10.9 Å². The van der Waals surface area contributed by atoms with Gasteiger partial charge in [0.2, 0.25) is 5.91 Å². The first-order valence-corrected chi connectivity index (χ1v) is 13.0. The molecule has 2 amide bonds. The number of hydrogen-bond donors (Lipinski definition) is 3. The number of anilines is 1. The van der Waals surface area contributed by atoms with Crippen molar-refractivity contribution in [2.45, 2.75) is 25.3 Å². The van der Waals surface area contributed by atoms with Crippen molar-refractivity contribution in [3.05, 3.63) is 63.8 Å². The van der Waals surface area contributed by atoms with Crippen molar-refractivity contribution in [1.82, 2.24) is 18.9 Å². The highest BCUT2D eigenvalue weighted by Crippen LogP contribution is 2.36. The lowest BCUT2D eigenvalue weighted by molar-refractivity contribution is -0.117. The number of amides is 2. The van der Waals surface area contributed by atoms with Crippen molar-refractivity contribution in [2.75, 3.05) is 18.8 Å². The van der Waals surface area contributed by atoms with Crippen LogP contribution in [0.5, 0.6) is 0 Å². The molecule has 0 spiro atoms. The molecule has 1 aliphatic heterocycles. The number of nitrogens with two attached hydrogens (primary N) is 1.